The Hall–Kier alpha value is -2.14. The average molecular weight is 260 g/mol. The van der Waals surface area contributed by atoms with Gasteiger partial charge in [0.25, 0.3) is 0 Å². The molecule has 5 nitrogen and oxygen atoms in total. The van der Waals surface area contributed by atoms with Gasteiger partial charge >= 0.3 is 5.97 Å². The highest BCUT2D eigenvalue weighted by Crippen LogP contribution is 2.22. The molecule has 1 heterocycles. The van der Waals surface area contributed by atoms with Crippen LogP contribution in [0.25, 0.3) is 10.9 Å². The van der Waals surface area contributed by atoms with Crippen LogP contribution in [-0.2, 0) is 9.53 Å². The van der Waals surface area contributed by atoms with Gasteiger partial charge in [0.15, 0.2) is 0 Å². The number of methoxy groups -OCH3 is 1. The second-order valence-corrected chi connectivity index (χ2v) is 4.19. The Morgan fingerprint density at radius 1 is 1.42 bits per heavy atom. The third-order valence-corrected chi connectivity index (χ3v) is 2.89. The number of nitrogens with zero attached hydrogens (tertiary/aromatic N) is 1. The average Bonchev–Trinajstić information content (AvgIpc) is 2.43. The third kappa shape index (κ3) is 3.20. The SMILES string of the molecule is COCCC(Nc1ccnc2ccccc12)C(=O)O. The van der Waals surface area contributed by atoms with Gasteiger partial charge in [0.05, 0.1) is 5.52 Å². The van der Waals surface area contributed by atoms with Crippen LogP contribution in [0.5, 0.6) is 0 Å². The fourth-order valence-electron chi connectivity index (χ4n) is 1.90. The number of benzene rings is 1. The zero-order valence-corrected chi connectivity index (χ0v) is 10.7. The summed E-state index contributed by atoms with van der Waals surface area (Å²) in [5.74, 6) is -0.891. The van der Waals surface area contributed by atoms with Crippen molar-refractivity contribution in [1.82, 2.24) is 4.98 Å². The summed E-state index contributed by atoms with van der Waals surface area (Å²) in [6.45, 7) is 0.396. The summed E-state index contributed by atoms with van der Waals surface area (Å²) < 4.78 is 4.93. The fraction of sp³-hybridized carbons (Fsp3) is 0.286. The quantitative estimate of drug-likeness (QED) is 0.832. The summed E-state index contributed by atoms with van der Waals surface area (Å²) in [6, 6.07) is 8.72. The third-order valence-electron chi connectivity index (χ3n) is 2.89. The number of aromatic nitrogens is 1. The maximum Gasteiger partial charge on any atom is 0.326 e. The van der Waals surface area contributed by atoms with Crippen LogP contribution in [0.1, 0.15) is 6.42 Å². The van der Waals surface area contributed by atoms with Gasteiger partial charge in [0.1, 0.15) is 6.04 Å². The van der Waals surface area contributed by atoms with E-state index in [9.17, 15) is 9.90 Å². The number of fused-ring (bicyclic) bond motifs is 1. The van der Waals surface area contributed by atoms with E-state index in [1.165, 1.54) is 0 Å². The maximum absolute atomic E-state index is 11.2. The molecule has 0 radical (unpaired) electrons. The Kier molecular flexibility index (Phi) is 4.30. The first-order chi connectivity index (χ1) is 9.22. The molecule has 1 atom stereocenters. The number of anilines is 1. The standard InChI is InChI=1S/C14H16N2O3/c1-19-9-7-13(14(17)18)16-12-6-8-15-11-5-3-2-4-10(11)12/h2-6,8,13H,7,9H2,1H3,(H,15,16)(H,17,18). The van der Waals surface area contributed by atoms with Crippen LogP contribution in [0.2, 0.25) is 0 Å². The van der Waals surface area contributed by atoms with Gasteiger partial charge in [-0.1, -0.05) is 18.2 Å². The molecule has 2 N–H and O–H groups in total. The van der Waals surface area contributed by atoms with Crippen LogP contribution in [0, 0.1) is 0 Å². The van der Waals surface area contributed by atoms with E-state index in [2.05, 4.69) is 10.3 Å². The van der Waals surface area contributed by atoms with Crippen molar-refractivity contribution in [2.45, 2.75) is 12.5 Å². The van der Waals surface area contributed by atoms with E-state index in [1.54, 1.807) is 19.4 Å². The van der Waals surface area contributed by atoms with Crippen molar-refractivity contribution >= 4 is 22.6 Å². The maximum atomic E-state index is 11.2. The van der Waals surface area contributed by atoms with E-state index >= 15 is 0 Å². The van der Waals surface area contributed by atoms with Gasteiger partial charge in [-0.3, -0.25) is 4.98 Å². The number of nitrogens with one attached hydrogen (secondary N) is 1. The second-order valence-electron chi connectivity index (χ2n) is 4.19. The first-order valence-electron chi connectivity index (χ1n) is 6.04. The molecule has 5 heteroatoms. The van der Waals surface area contributed by atoms with Crippen LogP contribution in [0.3, 0.4) is 0 Å². The highest BCUT2D eigenvalue weighted by molar-refractivity contribution is 5.92. The van der Waals surface area contributed by atoms with Crippen LogP contribution in [-0.4, -0.2) is 35.8 Å². The molecule has 0 aliphatic heterocycles. The predicted molar refractivity (Wildman–Crippen MR) is 73.3 cm³/mol. The van der Waals surface area contributed by atoms with Crippen molar-refractivity contribution in [3.8, 4) is 0 Å². The number of carbonyl (C=O) groups is 1. The summed E-state index contributed by atoms with van der Waals surface area (Å²) in [5, 5.41) is 13.1. The monoisotopic (exact) mass is 260 g/mol. The Morgan fingerprint density at radius 2 is 2.21 bits per heavy atom. The van der Waals surface area contributed by atoms with Gasteiger partial charge in [0, 0.05) is 37.4 Å². The summed E-state index contributed by atoms with van der Waals surface area (Å²) in [6.07, 6.45) is 2.07. The molecule has 2 rings (SSSR count). The first-order valence-corrected chi connectivity index (χ1v) is 6.04. The van der Waals surface area contributed by atoms with Gasteiger partial charge in [-0.15, -0.1) is 0 Å². The Balaban J connectivity index is 2.26. The minimum absolute atomic E-state index is 0.396. The topological polar surface area (TPSA) is 71.5 Å². The molecule has 0 aliphatic rings. The number of pyridine rings is 1. The molecule has 2 aromatic rings. The van der Waals surface area contributed by atoms with Crippen LogP contribution >= 0.6 is 0 Å². The highest BCUT2D eigenvalue weighted by atomic mass is 16.5. The van der Waals surface area contributed by atoms with E-state index < -0.39 is 12.0 Å². The molecule has 0 spiro atoms. The lowest BCUT2D eigenvalue weighted by molar-refractivity contribution is -0.138. The number of ether oxygens (including phenoxy) is 1. The minimum Gasteiger partial charge on any atom is -0.480 e. The zero-order chi connectivity index (χ0) is 13.7. The van der Waals surface area contributed by atoms with Gasteiger partial charge < -0.3 is 15.2 Å². The van der Waals surface area contributed by atoms with E-state index in [0.29, 0.717) is 13.0 Å². The molecule has 0 amide bonds. The van der Waals surface area contributed by atoms with Crippen molar-refractivity contribution in [3.63, 3.8) is 0 Å². The number of hydrogen-bond donors (Lipinski definition) is 2. The molecular weight excluding hydrogens is 244 g/mol. The summed E-state index contributed by atoms with van der Waals surface area (Å²) in [4.78, 5) is 15.5. The lowest BCUT2D eigenvalue weighted by Gasteiger charge is -2.16. The number of hydrogen-bond acceptors (Lipinski definition) is 4. The number of aliphatic carboxylic acids is 1. The number of carboxylic acid groups (broad SMARTS) is 1. The van der Waals surface area contributed by atoms with Crippen molar-refractivity contribution in [2.75, 3.05) is 19.0 Å². The molecule has 0 bridgehead atoms. The normalized spacial score (nSPS) is 12.3. The second kappa shape index (κ2) is 6.15. The summed E-state index contributed by atoms with van der Waals surface area (Å²) >= 11 is 0. The molecule has 0 saturated heterocycles. The van der Waals surface area contributed by atoms with Crippen LogP contribution in [0.15, 0.2) is 36.5 Å². The zero-order valence-electron chi connectivity index (χ0n) is 10.7. The molecule has 1 aromatic carbocycles. The lowest BCUT2D eigenvalue weighted by Crippen LogP contribution is -2.30. The Labute approximate surface area is 111 Å². The molecule has 19 heavy (non-hydrogen) atoms. The van der Waals surface area contributed by atoms with Crippen LogP contribution < -0.4 is 5.32 Å². The highest BCUT2D eigenvalue weighted by Gasteiger charge is 2.17. The van der Waals surface area contributed by atoms with E-state index in [0.717, 1.165) is 16.6 Å². The van der Waals surface area contributed by atoms with Crippen LogP contribution in [0.4, 0.5) is 5.69 Å². The van der Waals surface area contributed by atoms with Gasteiger partial charge in [0.2, 0.25) is 0 Å². The van der Waals surface area contributed by atoms with Crippen molar-refractivity contribution in [2.24, 2.45) is 0 Å². The molecule has 0 fully saturated rings. The van der Waals surface area contributed by atoms with Crippen molar-refractivity contribution in [3.05, 3.63) is 36.5 Å². The number of rotatable bonds is 6. The smallest absolute Gasteiger partial charge is 0.326 e. The molecular formula is C14H16N2O3. The molecule has 0 saturated carbocycles. The minimum atomic E-state index is -0.891. The summed E-state index contributed by atoms with van der Waals surface area (Å²) in [5.41, 5.74) is 1.61. The predicted octanol–water partition coefficient (Wildman–Crippen LogP) is 2.14. The number of carboxylic acids is 1. The van der Waals surface area contributed by atoms with Crippen molar-refractivity contribution < 1.29 is 14.6 Å². The van der Waals surface area contributed by atoms with E-state index in [4.69, 9.17) is 4.74 Å². The van der Waals surface area contributed by atoms with Gasteiger partial charge in [-0.2, -0.15) is 0 Å². The Morgan fingerprint density at radius 3 is 2.95 bits per heavy atom. The van der Waals surface area contributed by atoms with Gasteiger partial charge in [-0.25, -0.2) is 4.79 Å². The molecule has 0 aliphatic carbocycles. The fourth-order valence-corrected chi connectivity index (χ4v) is 1.90. The van der Waals surface area contributed by atoms with E-state index in [-0.39, 0.29) is 0 Å². The van der Waals surface area contributed by atoms with Gasteiger partial charge in [-0.05, 0) is 12.1 Å². The molecule has 1 aromatic heterocycles. The number of para-hydroxylation sites is 1. The lowest BCUT2D eigenvalue weighted by atomic mass is 10.1. The summed E-state index contributed by atoms with van der Waals surface area (Å²) in [7, 11) is 1.56. The van der Waals surface area contributed by atoms with Crippen molar-refractivity contribution in [1.29, 1.82) is 0 Å². The first kappa shape index (κ1) is 13.3. The van der Waals surface area contributed by atoms with E-state index in [1.807, 2.05) is 24.3 Å². The molecule has 100 valence electrons. The largest absolute Gasteiger partial charge is 0.480 e. The Bertz CT molecular complexity index is 566. The molecule has 1 unspecified atom stereocenters.